The van der Waals surface area contributed by atoms with E-state index in [-0.39, 0.29) is 18.2 Å². The van der Waals surface area contributed by atoms with E-state index in [0.717, 1.165) is 43.5 Å². The summed E-state index contributed by atoms with van der Waals surface area (Å²) in [5.41, 5.74) is 0.138. The number of aromatic nitrogens is 2. The normalized spacial score (nSPS) is 21.2. The maximum atomic E-state index is 13.1. The first-order valence-electron chi connectivity index (χ1n) is 10.1. The molecule has 2 heterocycles. The van der Waals surface area contributed by atoms with Gasteiger partial charge in [-0.1, -0.05) is 24.4 Å². The number of carbonyl (C=O) groups is 2. The summed E-state index contributed by atoms with van der Waals surface area (Å²) in [7, 11) is 1.60. The van der Waals surface area contributed by atoms with Gasteiger partial charge in [-0.15, -0.1) is 0 Å². The van der Waals surface area contributed by atoms with Crippen molar-refractivity contribution in [3.63, 3.8) is 0 Å². The van der Waals surface area contributed by atoms with E-state index in [9.17, 15) is 9.59 Å². The Kier molecular flexibility index (Phi) is 5.25. The Morgan fingerprint density at radius 3 is 2.59 bits per heavy atom. The second-order valence-corrected chi connectivity index (χ2v) is 7.88. The molecule has 2 fully saturated rings. The summed E-state index contributed by atoms with van der Waals surface area (Å²) in [6.07, 6.45) is 4.83. The zero-order chi connectivity index (χ0) is 20.4. The number of nitrogens with zero attached hydrogens (tertiary/aromatic N) is 3. The number of nitrogens with one attached hydrogen (secondary N) is 1. The van der Waals surface area contributed by atoms with Gasteiger partial charge in [-0.3, -0.25) is 9.59 Å². The molecule has 8 heteroatoms. The molecule has 8 nitrogen and oxygen atoms in total. The summed E-state index contributed by atoms with van der Waals surface area (Å²) in [4.78, 5) is 31.7. The van der Waals surface area contributed by atoms with Gasteiger partial charge >= 0.3 is 0 Å². The van der Waals surface area contributed by atoms with E-state index in [0.29, 0.717) is 18.3 Å². The van der Waals surface area contributed by atoms with Crippen LogP contribution in [0, 0.1) is 12.8 Å². The number of hydrogen-bond donors (Lipinski definition) is 1. The van der Waals surface area contributed by atoms with E-state index in [4.69, 9.17) is 9.26 Å². The van der Waals surface area contributed by atoms with Gasteiger partial charge in [0.2, 0.25) is 11.8 Å². The van der Waals surface area contributed by atoms with Crippen LogP contribution in [-0.2, 0) is 15.1 Å². The van der Waals surface area contributed by atoms with Gasteiger partial charge < -0.3 is 19.5 Å². The number of carbonyl (C=O) groups excluding carboxylic acids is 2. The van der Waals surface area contributed by atoms with Gasteiger partial charge in [-0.05, 0) is 44.0 Å². The maximum Gasteiger partial charge on any atom is 0.252 e. The zero-order valence-corrected chi connectivity index (χ0v) is 16.8. The second-order valence-electron chi connectivity index (χ2n) is 7.88. The Morgan fingerprint density at radius 2 is 1.97 bits per heavy atom. The number of aryl methyl sites for hydroxylation is 1. The standard InChI is InChI=1S/C21H26N4O4/c1-14-22-20(29-24-14)21(10-4-3-5-11-21)23-19(27)15-12-18(26)25(13-15)16-6-8-17(28-2)9-7-16/h6-9,15H,3-5,10-13H2,1-2H3,(H,23,27)/t15-/m0/s1. The fourth-order valence-electron chi connectivity index (χ4n) is 4.27. The van der Waals surface area contributed by atoms with Crippen molar-refractivity contribution in [3.05, 3.63) is 36.0 Å². The smallest absolute Gasteiger partial charge is 0.252 e. The lowest BCUT2D eigenvalue weighted by molar-refractivity contribution is -0.129. The van der Waals surface area contributed by atoms with Crippen LogP contribution in [0.25, 0.3) is 0 Å². The van der Waals surface area contributed by atoms with Crippen molar-refractivity contribution >= 4 is 17.5 Å². The number of rotatable bonds is 5. The van der Waals surface area contributed by atoms with Crippen LogP contribution < -0.4 is 15.0 Å². The average molecular weight is 398 g/mol. The first-order chi connectivity index (χ1) is 14.0. The highest BCUT2D eigenvalue weighted by molar-refractivity contribution is 6.00. The van der Waals surface area contributed by atoms with Crippen LogP contribution in [0.1, 0.15) is 50.2 Å². The van der Waals surface area contributed by atoms with Crippen LogP contribution in [0.3, 0.4) is 0 Å². The lowest BCUT2D eigenvalue weighted by Crippen LogP contribution is -2.50. The molecule has 1 N–H and O–H groups in total. The van der Waals surface area contributed by atoms with E-state index >= 15 is 0 Å². The van der Waals surface area contributed by atoms with Crippen molar-refractivity contribution in [3.8, 4) is 5.75 Å². The zero-order valence-electron chi connectivity index (χ0n) is 16.8. The number of amides is 2. The molecule has 2 aliphatic rings. The molecule has 1 aliphatic carbocycles. The summed E-state index contributed by atoms with van der Waals surface area (Å²) in [5.74, 6) is 1.16. The molecule has 4 rings (SSSR count). The molecule has 1 aromatic heterocycles. The summed E-state index contributed by atoms with van der Waals surface area (Å²) >= 11 is 0. The van der Waals surface area contributed by atoms with E-state index in [1.807, 2.05) is 24.3 Å². The summed E-state index contributed by atoms with van der Waals surface area (Å²) in [6.45, 7) is 2.13. The minimum atomic E-state index is -0.632. The highest BCUT2D eigenvalue weighted by Gasteiger charge is 2.43. The van der Waals surface area contributed by atoms with Gasteiger partial charge in [-0.25, -0.2) is 0 Å². The lowest BCUT2D eigenvalue weighted by atomic mass is 9.81. The molecule has 0 bridgehead atoms. The van der Waals surface area contributed by atoms with Gasteiger partial charge in [0.25, 0.3) is 5.89 Å². The predicted octanol–water partition coefficient (Wildman–Crippen LogP) is 2.72. The molecular weight excluding hydrogens is 372 g/mol. The van der Waals surface area contributed by atoms with Crippen LogP contribution in [-0.4, -0.2) is 35.6 Å². The molecule has 1 saturated carbocycles. The van der Waals surface area contributed by atoms with Crippen molar-refractivity contribution in [2.24, 2.45) is 5.92 Å². The molecule has 154 valence electrons. The Bertz CT molecular complexity index is 886. The predicted molar refractivity (Wildman–Crippen MR) is 105 cm³/mol. The van der Waals surface area contributed by atoms with Crippen LogP contribution in [0.4, 0.5) is 5.69 Å². The van der Waals surface area contributed by atoms with Crippen LogP contribution in [0.2, 0.25) is 0 Å². The van der Waals surface area contributed by atoms with Gasteiger partial charge in [-0.2, -0.15) is 4.98 Å². The largest absolute Gasteiger partial charge is 0.497 e. The molecule has 1 aromatic carbocycles. The monoisotopic (exact) mass is 398 g/mol. The molecule has 1 saturated heterocycles. The Labute approximate surface area is 169 Å². The second kappa shape index (κ2) is 7.85. The number of methoxy groups -OCH3 is 1. The van der Waals surface area contributed by atoms with Crippen LogP contribution in [0.5, 0.6) is 5.75 Å². The van der Waals surface area contributed by atoms with E-state index < -0.39 is 11.5 Å². The third kappa shape index (κ3) is 3.83. The number of ether oxygens (including phenoxy) is 1. The molecule has 0 unspecified atom stereocenters. The third-order valence-electron chi connectivity index (χ3n) is 5.89. The minimum Gasteiger partial charge on any atom is -0.497 e. The quantitative estimate of drug-likeness (QED) is 0.832. The number of anilines is 1. The van der Waals surface area contributed by atoms with Gasteiger partial charge in [0.05, 0.1) is 13.0 Å². The van der Waals surface area contributed by atoms with Crippen molar-refractivity contribution < 1.29 is 18.8 Å². The van der Waals surface area contributed by atoms with E-state index in [1.165, 1.54) is 0 Å². The highest BCUT2D eigenvalue weighted by Crippen LogP contribution is 2.37. The molecule has 2 amide bonds. The molecular formula is C21H26N4O4. The molecule has 0 radical (unpaired) electrons. The van der Waals surface area contributed by atoms with Crippen molar-refractivity contribution in [2.75, 3.05) is 18.6 Å². The molecule has 0 spiro atoms. The minimum absolute atomic E-state index is 0.0540. The molecule has 29 heavy (non-hydrogen) atoms. The van der Waals surface area contributed by atoms with Gasteiger partial charge in [0, 0.05) is 18.7 Å². The summed E-state index contributed by atoms with van der Waals surface area (Å²) in [5, 5.41) is 7.09. The topological polar surface area (TPSA) is 97.6 Å². The average Bonchev–Trinajstić information content (AvgIpc) is 3.35. The first-order valence-corrected chi connectivity index (χ1v) is 10.1. The first kappa shape index (κ1) is 19.4. The van der Waals surface area contributed by atoms with Crippen LogP contribution >= 0.6 is 0 Å². The number of benzene rings is 1. The van der Waals surface area contributed by atoms with Crippen molar-refractivity contribution in [1.82, 2.24) is 15.5 Å². The van der Waals surface area contributed by atoms with Crippen LogP contribution in [0.15, 0.2) is 28.8 Å². The molecule has 1 atom stereocenters. The van der Waals surface area contributed by atoms with Gasteiger partial charge in [0.1, 0.15) is 11.3 Å². The fourth-order valence-corrected chi connectivity index (χ4v) is 4.27. The van der Waals surface area contributed by atoms with Crippen molar-refractivity contribution in [2.45, 2.75) is 51.0 Å². The lowest BCUT2D eigenvalue weighted by Gasteiger charge is -2.35. The summed E-state index contributed by atoms with van der Waals surface area (Å²) in [6, 6.07) is 7.29. The Balaban J connectivity index is 1.49. The summed E-state index contributed by atoms with van der Waals surface area (Å²) < 4.78 is 10.6. The fraction of sp³-hybridized carbons (Fsp3) is 0.524. The highest BCUT2D eigenvalue weighted by atomic mass is 16.5. The molecule has 2 aromatic rings. The Hall–Kier alpha value is -2.90. The Morgan fingerprint density at radius 1 is 1.24 bits per heavy atom. The number of hydrogen-bond acceptors (Lipinski definition) is 6. The van der Waals surface area contributed by atoms with Gasteiger partial charge in [0.15, 0.2) is 5.82 Å². The van der Waals surface area contributed by atoms with Crippen molar-refractivity contribution in [1.29, 1.82) is 0 Å². The van der Waals surface area contributed by atoms with E-state index in [1.54, 1.807) is 18.9 Å². The molecule has 1 aliphatic heterocycles. The maximum absolute atomic E-state index is 13.1. The third-order valence-corrected chi connectivity index (χ3v) is 5.89. The SMILES string of the molecule is COc1ccc(N2C[C@@H](C(=O)NC3(c4nc(C)no4)CCCCC3)CC2=O)cc1. The van der Waals surface area contributed by atoms with E-state index in [2.05, 4.69) is 15.5 Å².